The first-order valence-corrected chi connectivity index (χ1v) is 9.73. The Morgan fingerprint density at radius 1 is 1.15 bits per heavy atom. The van der Waals surface area contributed by atoms with E-state index < -0.39 is 0 Å². The average molecular weight is 372 g/mol. The highest BCUT2D eigenvalue weighted by Gasteiger charge is 2.24. The molecule has 1 fully saturated rings. The van der Waals surface area contributed by atoms with E-state index in [9.17, 15) is 4.39 Å². The van der Waals surface area contributed by atoms with Crippen molar-refractivity contribution in [3.05, 3.63) is 59.8 Å². The van der Waals surface area contributed by atoms with E-state index in [4.69, 9.17) is 4.42 Å². The molecule has 3 rings (SSSR count). The molecule has 0 aliphatic carbocycles. The fourth-order valence-corrected chi connectivity index (χ4v) is 3.55. The summed E-state index contributed by atoms with van der Waals surface area (Å²) in [6.07, 6.45) is 6.10. The van der Waals surface area contributed by atoms with E-state index >= 15 is 0 Å². The quantitative estimate of drug-likeness (QED) is 0.578. The summed E-state index contributed by atoms with van der Waals surface area (Å²) in [5.74, 6) is 1.54. The molecule has 1 atom stereocenters. The van der Waals surface area contributed by atoms with Crippen LogP contribution in [0.4, 0.5) is 4.39 Å². The van der Waals surface area contributed by atoms with E-state index in [1.165, 1.54) is 25.3 Å². The van der Waals surface area contributed by atoms with Crippen molar-refractivity contribution in [3.8, 4) is 0 Å². The van der Waals surface area contributed by atoms with E-state index in [1.54, 1.807) is 19.4 Å². The third kappa shape index (κ3) is 5.57. The van der Waals surface area contributed by atoms with Gasteiger partial charge >= 0.3 is 0 Å². The van der Waals surface area contributed by atoms with Crippen LogP contribution in [0.15, 0.2) is 52.1 Å². The highest BCUT2D eigenvalue weighted by atomic mass is 19.1. The van der Waals surface area contributed by atoms with E-state index in [0.717, 1.165) is 24.8 Å². The van der Waals surface area contributed by atoms with Gasteiger partial charge < -0.3 is 15.1 Å². The summed E-state index contributed by atoms with van der Waals surface area (Å²) >= 11 is 0. The van der Waals surface area contributed by atoms with Crippen LogP contribution in [0.3, 0.4) is 0 Å². The molecule has 1 aromatic heterocycles. The highest BCUT2D eigenvalue weighted by molar-refractivity contribution is 5.79. The van der Waals surface area contributed by atoms with Gasteiger partial charge in [-0.3, -0.25) is 9.89 Å². The number of piperidine rings is 1. The summed E-state index contributed by atoms with van der Waals surface area (Å²) in [5.41, 5.74) is 0.710. The first kappa shape index (κ1) is 19.4. The lowest BCUT2D eigenvalue weighted by molar-refractivity contribution is 0.146. The first-order chi connectivity index (χ1) is 13.3. The van der Waals surface area contributed by atoms with Crippen molar-refractivity contribution in [2.75, 3.05) is 33.2 Å². The Balaban J connectivity index is 1.52. The smallest absolute Gasteiger partial charge is 0.191 e. The van der Waals surface area contributed by atoms with E-state index in [2.05, 4.69) is 20.5 Å². The third-order valence-electron chi connectivity index (χ3n) is 5.03. The van der Waals surface area contributed by atoms with E-state index in [1.807, 2.05) is 24.3 Å². The van der Waals surface area contributed by atoms with Crippen LogP contribution in [-0.2, 0) is 6.42 Å². The van der Waals surface area contributed by atoms with Crippen molar-refractivity contribution < 1.29 is 8.81 Å². The lowest BCUT2D eigenvalue weighted by atomic mass is 10.1. The molecule has 1 aliphatic heterocycles. The number of furan rings is 1. The van der Waals surface area contributed by atoms with Gasteiger partial charge in [0.25, 0.3) is 0 Å². The monoisotopic (exact) mass is 372 g/mol. The molecule has 2 heterocycles. The second-order valence-corrected chi connectivity index (χ2v) is 6.85. The number of hydrogen-bond donors (Lipinski definition) is 2. The molecule has 0 radical (unpaired) electrons. The molecule has 0 saturated carbocycles. The van der Waals surface area contributed by atoms with Crippen LogP contribution in [0.25, 0.3) is 0 Å². The Bertz CT molecular complexity index is 711. The van der Waals surface area contributed by atoms with E-state index in [-0.39, 0.29) is 11.9 Å². The number of aliphatic imine (C=N–C) groups is 1. The molecule has 2 N–H and O–H groups in total. The van der Waals surface area contributed by atoms with Crippen LogP contribution in [0.2, 0.25) is 0 Å². The number of nitrogens with zero attached hydrogens (tertiary/aromatic N) is 2. The number of halogens is 1. The number of rotatable bonds is 7. The van der Waals surface area contributed by atoms with Gasteiger partial charge in [0.1, 0.15) is 11.6 Å². The van der Waals surface area contributed by atoms with Crippen molar-refractivity contribution in [2.45, 2.75) is 31.7 Å². The molecule has 146 valence electrons. The van der Waals surface area contributed by atoms with Crippen LogP contribution < -0.4 is 10.6 Å². The maximum Gasteiger partial charge on any atom is 0.191 e. The fourth-order valence-electron chi connectivity index (χ4n) is 3.55. The molecule has 2 aromatic rings. The third-order valence-corrected chi connectivity index (χ3v) is 5.03. The molecule has 6 heteroatoms. The number of benzene rings is 1. The summed E-state index contributed by atoms with van der Waals surface area (Å²) in [6, 6.07) is 11.0. The summed E-state index contributed by atoms with van der Waals surface area (Å²) in [6.45, 7) is 3.52. The van der Waals surface area contributed by atoms with Crippen LogP contribution >= 0.6 is 0 Å². The highest BCUT2D eigenvalue weighted by Crippen LogP contribution is 2.24. The minimum atomic E-state index is -0.162. The molecule has 0 spiro atoms. The van der Waals surface area contributed by atoms with Crippen molar-refractivity contribution in [1.29, 1.82) is 0 Å². The maximum absolute atomic E-state index is 13.7. The normalized spacial score (nSPS) is 16.9. The van der Waals surface area contributed by atoms with Crippen molar-refractivity contribution in [2.24, 2.45) is 4.99 Å². The molecule has 1 aromatic carbocycles. The second-order valence-electron chi connectivity index (χ2n) is 6.85. The summed E-state index contributed by atoms with van der Waals surface area (Å²) in [7, 11) is 1.75. The molecule has 0 bridgehead atoms. The fraction of sp³-hybridized carbons (Fsp3) is 0.476. The second kappa shape index (κ2) is 10.1. The number of hydrogen-bond acceptors (Lipinski definition) is 3. The number of guanidine groups is 1. The minimum Gasteiger partial charge on any atom is -0.468 e. The molecule has 1 saturated heterocycles. The Kier molecular flexibility index (Phi) is 7.27. The van der Waals surface area contributed by atoms with Crippen molar-refractivity contribution >= 4 is 5.96 Å². The average Bonchev–Trinajstić information content (AvgIpc) is 3.23. The minimum absolute atomic E-state index is 0.162. The van der Waals surface area contributed by atoms with Gasteiger partial charge in [-0.15, -0.1) is 0 Å². The van der Waals surface area contributed by atoms with Gasteiger partial charge in [-0.2, -0.15) is 0 Å². The van der Waals surface area contributed by atoms with E-state index in [0.29, 0.717) is 25.1 Å². The zero-order chi connectivity index (χ0) is 18.9. The van der Waals surface area contributed by atoms with Crippen LogP contribution in [0, 0.1) is 5.82 Å². The molecule has 0 amide bonds. The topological polar surface area (TPSA) is 52.8 Å². The van der Waals surface area contributed by atoms with Gasteiger partial charge in [-0.05, 0) is 56.1 Å². The Labute approximate surface area is 160 Å². The molecular weight excluding hydrogens is 343 g/mol. The summed E-state index contributed by atoms with van der Waals surface area (Å²) in [4.78, 5) is 6.77. The van der Waals surface area contributed by atoms with Gasteiger partial charge in [0.2, 0.25) is 0 Å². The van der Waals surface area contributed by atoms with Crippen LogP contribution in [0.5, 0.6) is 0 Å². The van der Waals surface area contributed by atoms with Gasteiger partial charge in [-0.25, -0.2) is 4.39 Å². The lowest BCUT2D eigenvalue weighted by Gasteiger charge is -2.33. The molecule has 5 nitrogen and oxygen atoms in total. The lowest BCUT2D eigenvalue weighted by Crippen LogP contribution is -2.44. The van der Waals surface area contributed by atoms with Crippen LogP contribution in [0.1, 0.15) is 36.6 Å². The van der Waals surface area contributed by atoms with Gasteiger partial charge in [0, 0.05) is 20.1 Å². The van der Waals surface area contributed by atoms with Crippen molar-refractivity contribution in [1.82, 2.24) is 15.5 Å². The predicted molar refractivity (Wildman–Crippen MR) is 106 cm³/mol. The first-order valence-electron chi connectivity index (χ1n) is 9.73. The summed E-state index contributed by atoms with van der Waals surface area (Å²) in [5, 5.41) is 6.67. The SMILES string of the molecule is CN=C(NCCc1ccccc1F)NCC(c1ccco1)N1CCCCC1. The zero-order valence-electron chi connectivity index (χ0n) is 16.0. The molecule has 27 heavy (non-hydrogen) atoms. The van der Waals surface area contributed by atoms with Crippen molar-refractivity contribution in [3.63, 3.8) is 0 Å². The van der Waals surface area contributed by atoms with Gasteiger partial charge in [0.05, 0.1) is 12.3 Å². The zero-order valence-corrected chi connectivity index (χ0v) is 16.0. The Morgan fingerprint density at radius 3 is 2.67 bits per heavy atom. The maximum atomic E-state index is 13.7. The number of nitrogens with one attached hydrogen (secondary N) is 2. The predicted octanol–water partition coefficient (Wildman–Crippen LogP) is 3.35. The number of likely N-dealkylation sites (tertiary alicyclic amines) is 1. The standard InChI is InChI=1S/C21H29FN4O/c1-23-21(24-12-11-17-8-3-4-9-18(17)22)25-16-19(20-10-7-15-27-20)26-13-5-2-6-14-26/h3-4,7-10,15,19H,2,5-6,11-14,16H2,1H3,(H2,23,24,25). The molecule has 1 aliphatic rings. The Morgan fingerprint density at radius 2 is 1.96 bits per heavy atom. The largest absolute Gasteiger partial charge is 0.468 e. The molecule has 1 unspecified atom stereocenters. The molecular formula is C21H29FN4O. The van der Waals surface area contributed by atoms with Gasteiger partial charge in [-0.1, -0.05) is 24.6 Å². The summed E-state index contributed by atoms with van der Waals surface area (Å²) < 4.78 is 19.4. The van der Waals surface area contributed by atoms with Crippen LogP contribution in [-0.4, -0.2) is 44.1 Å². The van der Waals surface area contributed by atoms with Gasteiger partial charge in [0.15, 0.2) is 5.96 Å². The Hall–Kier alpha value is -2.34.